The van der Waals surface area contributed by atoms with Crippen LogP contribution in [0.5, 0.6) is 0 Å². The van der Waals surface area contributed by atoms with E-state index in [4.69, 9.17) is 5.73 Å². The van der Waals surface area contributed by atoms with Gasteiger partial charge in [-0.3, -0.25) is 14.9 Å². The van der Waals surface area contributed by atoms with Gasteiger partial charge in [0.25, 0.3) is 11.5 Å². The summed E-state index contributed by atoms with van der Waals surface area (Å²) in [7, 11) is 0. The van der Waals surface area contributed by atoms with E-state index in [0.29, 0.717) is 0 Å². The molecule has 1 aromatic heterocycles. The van der Waals surface area contributed by atoms with Gasteiger partial charge < -0.3 is 5.73 Å². The molecule has 0 saturated heterocycles. The molecule has 0 atom stereocenters. The lowest BCUT2D eigenvalue weighted by molar-refractivity contribution is 0.0960. The third kappa shape index (κ3) is 2.40. The summed E-state index contributed by atoms with van der Waals surface area (Å²) in [6.45, 7) is 0. The number of imide groups is 1. The maximum absolute atomic E-state index is 11.0. The normalized spacial score (nSPS) is 9.23. The van der Waals surface area contributed by atoms with Gasteiger partial charge in [0.05, 0.1) is 0 Å². The first kappa shape index (κ1) is 8.91. The molecular formula is C6H6N4O3. The van der Waals surface area contributed by atoms with Gasteiger partial charge in [-0.2, -0.15) is 5.10 Å². The third-order valence-corrected chi connectivity index (χ3v) is 1.15. The zero-order chi connectivity index (χ0) is 9.84. The molecule has 0 aliphatic carbocycles. The van der Waals surface area contributed by atoms with E-state index >= 15 is 0 Å². The van der Waals surface area contributed by atoms with E-state index in [-0.39, 0.29) is 5.69 Å². The van der Waals surface area contributed by atoms with Crippen LogP contribution in [0.1, 0.15) is 10.5 Å². The first-order valence-corrected chi connectivity index (χ1v) is 3.26. The average molecular weight is 182 g/mol. The summed E-state index contributed by atoms with van der Waals surface area (Å²) < 4.78 is 0. The standard InChI is InChI=1S/C6H6N4O3/c7-6(13)8-5(12)3-1-2-4(11)10-9-3/h1-2H,(H,10,11)(H3,7,8,12,13). The zero-order valence-corrected chi connectivity index (χ0v) is 6.40. The highest BCUT2D eigenvalue weighted by Crippen LogP contribution is 1.86. The van der Waals surface area contributed by atoms with Gasteiger partial charge in [-0.15, -0.1) is 0 Å². The Morgan fingerprint density at radius 2 is 2.15 bits per heavy atom. The molecule has 1 rings (SSSR count). The maximum atomic E-state index is 11.0. The number of nitrogens with zero attached hydrogens (tertiary/aromatic N) is 1. The fraction of sp³-hybridized carbons (Fsp3) is 0. The number of aromatic amines is 1. The van der Waals surface area contributed by atoms with Crippen molar-refractivity contribution in [2.45, 2.75) is 0 Å². The SMILES string of the molecule is NC(=O)NC(=O)c1ccc(=O)[nH]n1. The predicted octanol–water partition coefficient (Wildman–Crippen LogP) is -1.42. The summed E-state index contributed by atoms with van der Waals surface area (Å²) in [5, 5.41) is 7.20. The monoisotopic (exact) mass is 182 g/mol. The minimum atomic E-state index is -0.974. The van der Waals surface area contributed by atoms with Crippen LogP contribution in [0.2, 0.25) is 0 Å². The predicted molar refractivity (Wildman–Crippen MR) is 41.9 cm³/mol. The molecule has 4 N–H and O–H groups in total. The topological polar surface area (TPSA) is 118 Å². The summed E-state index contributed by atoms with van der Waals surface area (Å²) in [5.74, 6) is -0.760. The van der Waals surface area contributed by atoms with Crippen LogP contribution in [0.15, 0.2) is 16.9 Å². The van der Waals surface area contributed by atoms with E-state index in [0.717, 1.165) is 6.07 Å². The number of carbonyl (C=O) groups excluding carboxylic acids is 2. The number of aromatic nitrogens is 2. The van der Waals surface area contributed by atoms with Crippen LogP contribution >= 0.6 is 0 Å². The number of urea groups is 1. The largest absolute Gasteiger partial charge is 0.351 e. The number of hydrogen-bond donors (Lipinski definition) is 3. The van der Waals surface area contributed by atoms with Gasteiger partial charge >= 0.3 is 6.03 Å². The molecule has 0 saturated carbocycles. The Morgan fingerprint density at radius 1 is 1.46 bits per heavy atom. The molecule has 0 spiro atoms. The third-order valence-electron chi connectivity index (χ3n) is 1.15. The number of H-pyrrole nitrogens is 1. The Bertz CT molecular complexity index is 377. The molecule has 7 heteroatoms. The summed E-state index contributed by atoms with van der Waals surface area (Å²) in [4.78, 5) is 31.7. The lowest BCUT2D eigenvalue weighted by atomic mass is 10.4. The Hall–Kier alpha value is -2.18. The molecule has 13 heavy (non-hydrogen) atoms. The van der Waals surface area contributed by atoms with E-state index in [1.165, 1.54) is 6.07 Å². The Labute approximate surface area is 71.9 Å². The van der Waals surface area contributed by atoms with Crippen molar-refractivity contribution < 1.29 is 9.59 Å². The van der Waals surface area contributed by atoms with E-state index in [1.807, 2.05) is 5.10 Å². The number of hydrogen-bond acceptors (Lipinski definition) is 4. The number of carbonyl (C=O) groups is 2. The highest BCUT2D eigenvalue weighted by atomic mass is 16.2. The van der Waals surface area contributed by atoms with E-state index in [9.17, 15) is 14.4 Å². The van der Waals surface area contributed by atoms with Crippen molar-refractivity contribution in [3.63, 3.8) is 0 Å². The Balaban J connectivity index is 2.84. The van der Waals surface area contributed by atoms with Crippen LogP contribution in [-0.2, 0) is 0 Å². The molecule has 3 amide bonds. The molecule has 0 unspecified atom stereocenters. The highest BCUT2D eigenvalue weighted by Gasteiger charge is 2.08. The second-order valence-electron chi connectivity index (χ2n) is 2.12. The smallest absolute Gasteiger partial charge is 0.319 e. The molecule has 7 nitrogen and oxygen atoms in total. The molecule has 0 aromatic carbocycles. The van der Waals surface area contributed by atoms with Crippen LogP contribution in [-0.4, -0.2) is 22.1 Å². The fourth-order valence-electron chi connectivity index (χ4n) is 0.647. The molecule has 1 aromatic rings. The first-order valence-electron chi connectivity index (χ1n) is 3.26. The number of nitrogens with two attached hydrogens (primary N) is 1. The van der Waals surface area contributed by atoms with E-state index in [2.05, 4.69) is 5.10 Å². The van der Waals surface area contributed by atoms with Crippen LogP contribution in [0.25, 0.3) is 0 Å². The number of primary amides is 1. The van der Waals surface area contributed by atoms with Crippen LogP contribution in [0, 0.1) is 0 Å². The van der Waals surface area contributed by atoms with Crippen molar-refractivity contribution in [1.29, 1.82) is 0 Å². The van der Waals surface area contributed by atoms with Crippen molar-refractivity contribution in [3.8, 4) is 0 Å². The lowest BCUT2D eigenvalue weighted by Gasteiger charge is -1.97. The van der Waals surface area contributed by atoms with Crippen molar-refractivity contribution in [2.75, 3.05) is 0 Å². The second-order valence-corrected chi connectivity index (χ2v) is 2.12. The Kier molecular flexibility index (Phi) is 2.38. The van der Waals surface area contributed by atoms with Gasteiger partial charge in [-0.25, -0.2) is 9.89 Å². The van der Waals surface area contributed by atoms with Gasteiger partial charge in [0.15, 0.2) is 0 Å². The molecule has 0 aliphatic heterocycles. The number of amides is 3. The van der Waals surface area contributed by atoms with E-state index < -0.39 is 17.5 Å². The molecule has 0 bridgehead atoms. The van der Waals surface area contributed by atoms with Gasteiger partial charge in [-0.05, 0) is 6.07 Å². The summed E-state index contributed by atoms with van der Waals surface area (Å²) in [5.41, 5.74) is 4.17. The summed E-state index contributed by atoms with van der Waals surface area (Å²) in [6.07, 6.45) is 0. The lowest BCUT2D eigenvalue weighted by Crippen LogP contribution is -2.35. The van der Waals surface area contributed by atoms with Crippen molar-refractivity contribution in [3.05, 3.63) is 28.2 Å². The van der Waals surface area contributed by atoms with Crippen LogP contribution in [0.3, 0.4) is 0 Å². The van der Waals surface area contributed by atoms with Crippen molar-refractivity contribution in [2.24, 2.45) is 5.73 Å². The number of rotatable bonds is 1. The zero-order valence-electron chi connectivity index (χ0n) is 6.40. The minimum absolute atomic E-state index is 0.0848. The molecule has 0 fully saturated rings. The molecule has 0 radical (unpaired) electrons. The highest BCUT2D eigenvalue weighted by molar-refractivity contribution is 6.02. The van der Waals surface area contributed by atoms with Gasteiger partial charge in [0, 0.05) is 6.07 Å². The average Bonchev–Trinajstić information content (AvgIpc) is 2.04. The molecule has 0 aliphatic rings. The second kappa shape index (κ2) is 3.48. The molecule has 68 valence electrons. The fourth-order valence-corrected chi connectivity index (χ4v) is 0.647. The van der Waals surface area contributed by atoms with E-state index in [1.54, 1.807) is 5.32 Å². The molecular weight excluding hydrogens is 176 g/mol. The Morgan fingerprint density at radius 3 is 2.62 bits per heavy atom. The van der Waals surface area contributed by atoms with Crippen LogP contribution < -0.4 is 16.6 Å². The first-order chi connectivity index (χ1) is 6.09. The molecule has 1 heterocycles. The quantitative estimate of drug-likeness (QED) is 0.493. The van der Waals surface area contributed by atoms with Crippen molar-refractivity contribution >= 4 is 11.9 Å². The van der Waals surface area contributed by atoms with Gasteiger partial charge in [0.2, 0.25) is 0 Å². The maximum Gasteiger partial charge on any atom is 0.319 e. The van der Waals surface area contributed by atoms with Gasteiger partial charge in [0.1, 0.15) is 5.69 Å². The van der Waals surface area contributed by atoms with Gasteiger partial charge in [-0.1, -0.05) is 0 Å². The summed E-state index contributed by atoms with van der Waals surface area (Å²) in [6, 6.07) is 1.32. The number of nitrogens with one attached hydrogen (secondary N) is 2. The van der Waals surface area contributed by atoms with Crippen molar-refractivity contribution in [1.82, 2.24) is 15.5 Å². The summed E-state index contributed by atoms with van der Waals surface area (Å²) >= 11 is 0. The minimum Gasteiger partial charge on any atom is -0.351 e. The van der Waals surface area contributed by atoms with Crippen LogP contribution in [0.4, 0.5) is 4.79 Å².